The van der Waals surface area contributed by atoms with Crippen LogP contribution in [0.5, 0.6) is 0 Å². The van der Waals surface area contributed by atoms with Crippen molar-refractivity contribution in [3.63, 3.8) is 0 Å². The van der Waals surface area contributed by atoms with E-state index in [1.807, 2.05) is 0 Å². The lowest BCUT2D eigenvalue weighted by Gasteiger charge is -2.47. The van der Waals surface area contributed by atoms with E-state index in [4.69, 9.17) is 9.47 Å². The topological polar surface area (TPSA) is 21.7 Å². The Bertz CT molecular complexity index is 1430. The molecule has 1 aromatic carbocycles. The lowest BCUT2D eigenvalue weighted by Crippen LogP contribution is -2.50. The largest absolute Gasteiger partial charge is 0.359 e. The van der Waals surface area contributed by atoms with Crippen molar-refractivity contribution in [3.8, 4) is 0 Å². The number of benzene rings is 1. The van der Waals surface area contributed by atoms with E-state index < -0.39 is 0 Å². The molecule has 6 atom stereocenters. The van der Waals surface area contributed by atoms with Gasteiger partial charge in [0.2, 0.25) is 0 Å². The first-order valence-electron chi connectivity index (χ1n) is 15.8. The van der Waals surface area contributed by atoms with Crippen LogP contribution in [0.15, 0.2) is 51.8 Å². The molecule has 3 fully saturated rings. The normalized spacial score (nSPS) is 42.5. The lowest BCUT2D eigenvalue weighted by molar-refractivity contribution is -0.0827. The van der Waals surface area contributed by atoms with E-state index in [-0.39, 0.29) is 33.4 Å². The Labute approximate surface area is 243 Å². The summed E-state index contributed by atoms with van der Waals surface area (Å²) < 4.78 is 14.3. The molecule has 3 saturated carbocycles. The Kier molecular flexibility index (Phi) is 5.11. The number of anilines is 1. The standard InChI is InChI=1S/C37H51NO2/c1-21-14-13-15-22(2)31(21)38-28(8)27(7)33(11,32(38,9)10)18-29-19-36(29)25(5)23(3)34(12,39-36)30-20-37(30)26(6)24(4)35(40-37)16-17-35/h13-15,29-30H,16-20H2,1-12H3. The molecule has 216 valence electrons. The summed E-state index contributed by atoms with van der Waals surface area (Å²) in [5.41, 5.74) is 12.7. The quantitative estimate of drug-likeness (QED) is 0.355. The zero-order chi connectivity index (χ0) is 29.0. The number of hydrogen-bond acceptors (Lipinski definition) is 3. The Morgan fingerprint density at radius 1 is 0.725 bits per heavy atom. The van der Waals surface area contributed by atoms with Crippen molar-refractivity contribution < 1.29 is 9.47 Å². The van der Waals surface area contributed by atoms with Gasteiger partial charge in [-0.15, -0.1) is 0 Å². The molecule has 6 aliphatic rings. The molecule has 3 nitrogen and oxygen atoms in total. The maximum Gasteiger partial charge on any atom is 0.0969 e. The zero-order valence-corrected chi connectivity index (χ0v) is 27.2. The van der Waals surface area contributed by atoms with Crippen LogP contribution in [0.25, 0.3) is 0 Å². The minimum atomic E-state index is -0.238. The maximum atomic E-state index is 7.40. The zero-order valence-electron chi connectivity index (χ0n) is 27.2. The van der Waals surface area contributed by atoms with Crippen molar-refractivity contribution in [1.29, 1.82) is 0 Å². The molecule has 0 bridgehead atoms. The molecule has 0 saturated heterocycles. The minimum absolute atomic E-state index is 0.0351. The highest BCUT2D eigenvalue weighted by molar-refractivity contribution is 5.68. The van der Waals surface area contributed by atoms with E-state index >= 15 is 0 Å². The third kappa shape index (κ3) is 2.95. The summed E-state index contributed by atoms with van der Waals surface area (Å²) in [6, 6.07) is 6.71. The highest BCUT2D eigenvalue weighted by Gasteiger charge is 2.77. The average Bonchev–Trinajstić information content (AvgIpc) is 3.83. The highest BCUT2D eigenvalue weighted by atomic mass is 16.6. The van der Waals surface area contributed by atoms with Crippen LogP contribution in [0.3, 0.4) is 0 Å². The molecule has 7 rings (SSSR count). The molecule has 6 unspecified atom stereocenters. The SMILES string of the molecule is CC1=C(C)C(C)(CC2CC23OC(C)(C2CC24OC2(CC2)C(C)=C4C)C(C)=C3C)C(C)(C)N1c1c(C)cccc1C. The average molecular weight is 542 g/mol. The van der Waals surface area contributed by atoms with Gasteiger partial charge in [-0.1, -0.05) is 25.1 Å². The van der Waals surface area contributed by atoms with Gasteiger partial charge in [0.1, 0.15) is 0 Å². The van der Waals surface area contributed by atoms with Crippen LogP contribution in [-0.2, 0) is 9.47 Å². The van der Waals surface area contributed by atoms with Gasteiger partial charge in [-0.3, -0.25) is 0 Å². The van der Waals surface area contributed by atoms with Crippen molar-refractivity contribution in [2.75, 3.05) is 4.90 Å². The van der Waals surface area contributed by atoms with Crippen LogP contribution >= 0.6 is 0 Å². The smallest absolute Gasteiger partial charge is 0.0969 e. The fourth-order valence-corrected chi connectivity index (χ4v) is 10.0. The van der Waals surface area contributed by atoms with Crippen molar-refractivity contribution in [2.45, 2.75) is 143 Å². The van der Waals surface area contributed by atoms with E-state index in [1.54, 1.807) is 0 Å². The number of rotatable bonds is 4. The van der Waals surface area contributed by atoms with E-state index in [2.05, 4.69) is 106 Å². The second kappa shape index (κ2) is 7.56. The summed E-state index contributed by atoms with van der Waals surface area (Å²) in [5, 5.41) is 0. The van der Waals surface area contributed by atoms with E-state index in [0.29, 0.717) is 11.8 Å². The molecule has 0 radical (unpaired) electrons. The molecule has 3 aliphatic heterocycles. The molecule has 0 N–H and O–H groups in total. The number of aryl methyl sites for hydroxylation is 2. The third-order valence-corrected chi connectivity index (χ3v) is 13.9. The lowest BCUT2D eigenvalue weighted by atomic mass is 9.66. The fourth-order valence-electron chi connectivity index (χ4n) is 10.0. The fraction of sp³-hybridized carbons (Fsp3) is 0.676. The molecule has 3 heterocycles. The molecular weight excluding hydrogens is 490 g/mol. The predicted molar refractivity (Wildman–Crippen MR) is 165 cm³/mol. The van der Waals surface area contributed by atoms with Crippen molar-refractivity contribution in [1.82, 2.24) is 0 Å². The van der Waals surface area contributed by atoms with Gasteiger partial charge in [0, 0.05) is 28.3 Å². The van der Waals surface area contributed by atoms with Gasteiger partial charge < -0.3 is 14.4 Å². The molecule has 3 heteroatoms. The predicted octanol–water partition coefficient (Wildman–Crippen LogP) is 9.13. The number of ether oxygens (including phenoxy) is 2. The van der Waals surface area contributed by atoms with Gasteiger partial charge in [-0.05, 0) is 153 Å². The van der Waals surface area contributed by atoms with Crippen LogP contribution in [0.4, 0.5) is 5.69 Å². The van der Waals surface area contributed by atoms with Gasteiger partial charge in [0.25, 0.3) is 0 Å². The van der Waals surface area contributed by atoms with Crippen LogP contribution in [0.2, 0.25) is 0 Å². The summed E-state index contributed by atoms with van der Waals surface area (Å²) in [4.78, 5) is 2.66. The van der Waals surface area contributed by atoms with E-state index in [1.165, 1.54) is 63.2 Å². The molecule has 0 amide bonds. The molecule has 40 heavy (non-hydrogen) atoms. The highest BCUT2D eigenvalue weighted by Crippen LogP contribution is 2.74. The maximum absolute atomic E-state index is 7.40. The Morgan fingerprint density at radius 3 is 1.90 bits per heavy atom. The van der Waals surface area contributed by atoms with Crippen molar-refractivity contribution >= 4 is 5.69 Å². The van der Waals surface area contributed by atoms with Gasteiger partial charge in [-0.25, -0.2) is 0 Å². The van der Waals surface area contributed by atoms with Crippen LogP contribution in [0, 0.1) is 31.1 Å². The summed E-state index contributed by atoms with van der Waals surface area (Å²) in [6.07, 6.45) is 5.80. The Morgan fingerprint density at radius 2 is 1.32 bits per heavy atom. The summed E-state index contributed by atoms with van der Waals surface area (Å²) in [7, 11) is 0. The number of hydrogen-bond donors (Lipinski definition) is 0. The second-order valence-corrected chi connectivity index (χ2v) is 15.6. The minimum Gasteiger partial charge on any atom is -0.359 e. The molecule has 3 spiro atoms. The van der Waals surface area contributed by atoms with Gasteiger partial charge in [-0.2, -0.15) is 0 Å². The second-order valence-electron chi connectivity index (χ2n) is 15.6. The van der Waals surface area contributed by atoms with Crippen molar-refractivity contribution in [2.24, 2.45) is 17.3 Å². The first kappa shape index (κ1) is 27.0. The van der Waals surface area contributed by atoms with Gasteiger partial charge >= 0.3 is 0 Å². The van der Waals surface area contributed by atoms with Crippen LogP contribution in [-0.4, -0.2) is 27.9 Å². The van der Waals surface area contributed by atoms with E-state index in [9.17, 15) is 0 Å². The first-order valence-corrected chi connectivity index (χ1v) is 15.8. The molecule has 3 aliphatic carbocycles. The summed E-state index contributed by atoms with van der Waals surface area (Å²) >= 11 is 0. The first-order chi connectivity index (χ1) is 18.5. The molecule has 1 aromatic rings. The Balaban J connectivity index is 1.17. The van der Waals surface area contributed by atoms with Gasteiger partial charge in [0.05, 0.1) is 22.4 Å². The van der Waals surface area contributed by atoms with Gasteiger partial charge in [0.15, 0.2) is 0 Å². The molecule has 0 aromatic heterocycles. The third-order valence-electron chi connectivity index (χ3n) is 13.9. The summed E-state index contributed by atoms with van der Waals surface area (Å²) in [6.45, 7) is 28.5. The number of allylic oxidation sites excluding steroid dienone is 1. The number of nitrogens with zero attached hydrogens (tertiary/aromatic N) is 1. The number of para-hydroxylation sites is 1. The van der Waals surface area contributed by atoms with E-state index in [0.717, 1.165) is 19.3 Å². The van der Waals surface area contributed by atoms with Crippen LogP contribution in [0.1, 0.15) is 112 Å². The summed E-state index contributed by atoms with van der Waals surface area (Å²) in [5.74, 6) is 0.967. The van der Waals surface area contributed by atoms with Crippen molar-refractivity contribution in [3.05, 3.63) is 62.9 Å². The van der Waals surface area contributed by atoms with Crippen LogP contribution < -0.4 is 4.90 Å². The molecular formula is C37H51NO2. The monoisotopic (exact) mass is 541 g/mol. The Hall–Kier alpha value is -1.84.